The van der Waals surface area contributed by atoms with Crippen molar-refractivity contribution in [2.45, 2.75) is 52.0 Å². The molecule has 0 aliphatic carbocycles. The van der Waals surface area contributed by atoms with Crippen molar-refractivity contribution in [2.75, 3.05) is 13.2 Å². The third kappa shape index (κ3) is 6.17. The molecule has 0 saturated carbocycles. The number of amides is 1. The minimum absolute atomic E-state index is 0.0150. The van der Waals surface area contributed by atoms with E-state index in [1.54, 1.807) is 0 Å². The lowest BCUT2D eigenvalue weighted by atomic mass is 9.94. The first-order valence-electron chi connectivity index (χ1n) is 7.61. The van der Waals surface area contributed by atoms with Gasteiger partial charge in [0.05, 0.1) is 6.61 Å². The molecule has 1 aromatic rings. The van der Waals surface area contributed by atoms with Crippen LogP contribution in [0.5, 0.6) is 5.75 Å². The first-order valence-corrected chi connectivity index (χ1v) is 7.61. The molecule has 1 amide bonds. The molecule has 1 aromatic carbocycles. The zero-order valence-electron chi connectivity index (χ0n) is 13.3. The molecule has 4 heteroatoms. The number of aliphatic hydroxyl groups excluding tert-OH is 1. The number of aliphatic hydroxyl groups is 1. The molecule has 0 aliphatic rings. The summed E-state index contributed by atoms with van der Waals surface area (Å²) in [5.41, 5.74) is 0.784. The van der Waals surface area contributed by atoms with E-state index >= 15 is 0 Å². The number of carbonyl (C=O) groups excluding carboxylic acids is 1. The summed E-state index contributed by atoms with van der Waals surface area (Å²) in [6.45, 7) is 6.59. The van der Waals surface area contributed by atoms with Gasteiger partial charge in [-0.3, -0.25) is 4.79 Å². The second-order valence-electron chi connectivity index (χ2n) is 5.65. The van der Waals surface area contributed by atoms with Crippen LogP contribution >= 0.6 is 0 Å². The summed E-state index contributed by atoms with van der Waals surface area (Å²) >= 11 is 0. The van der Waals surface area contributed by atoms with Gasteiger partial charge in [0, 0.05) is 18.6 Å². The van der Waals surface area contributed by atoms with Crippen molar-refractivity contribution in [3.63, 3.8) is 0 Å². The highest BCUT2D eigenvalue weighted by molar-refractivity contribution is 5.76. The van der Waals surface area contributed by atoms with Crippen molar-refractivity contribution in [1.29, 1.82) is 0 Å². The summed E-state index contributed by atoms with van der Waals surface area (Å²) in [5.74, 6) is 0.887. The van der Waals surface area contributed by atoms with Crippen LogP contribution in [0.3, 0.4) is 0 Å². The Labute approximate surface area is 127 Å². The minimum atomic E-state index is -0.317. The Bertz CT molecular complexity index is 447. The van der Waals surface area contributed by atoms with Crippen LogP contribution in [0.1, 0.15) is 45.1 Å². The van der Waals surface area contributed by atoms with Gasteiger partial charge in [-0.05, 0) is 44.7 Å². The highest BCUT2D eigenvalue weighted by Gasteiger charge is 2.23. The van der Waals surface area contributed by atoms with Crippen LogP contribution < -0.4 is 10.1 Å². The molecule has 1 rings (SSSR count). The maximum absolute atomic E-state index is 11.9. The van der Waals surface area contributed by atoms with E-state index in [9.17, 15) is 4.79 Å². The van der Waals surface area contributed by atoms with Crippen LogP contribution in [0.25, 0.3) is 0 Å². The van der Waals surface area contributed by atoms with Gasteiger partial charge in [-0.2, -0.15) is 0 Å². The Morgan fingerprint density at radius 2 is 2.10 bits per heavy atom. The fraction of sp³-hybridized carbons (Fsp3) is 0.588. The Morgan fingerprint density at radius 1 is 1.38 bits per heavy atom. The molecule has 0 spiro atoms. The Hall–Kier alpha value is -1.55. The summed E-state index contributed by atoms with van der Waals surface area (Å²) < 4.78 is 5.67. The minimum Gasteiger partial charge on any atom is -0.493 e. The van der Waals surface area contributed by atoms with Gasteiger partial charge in [0.25, 0.3) is 0 Å². The lowest BCUT2D eigenvalue weighted by Crippen LogP contribution is -2.46. The van der Waals surface area contributed by atoms with Gasteiger partial charge in [-0.15, -0.1) is 0 Å². The van der Waals surface area contributed by atoms with E-state index in [0.717, 1.165) is 17.7 Å². The predicted octanol–water partition coefficient (Wildman–Crippen LogP) is 2.82. The fourth-order valence-electron chi connectivity index (χ4n) is 2.11. The molecule has 0 aromatic heterocycles. The van der Waals surface area contributed by atoms with Crippen LogP contribution in [-0.2, 0) is 4.79 Å². The zero-order chi connectivity index (χ0) is 15.7. The SMILES string of the molecule is CCC(C)(CCO)NC(=O)CCCOc1ccccc1C. The molecule has 0 aliphatic heterocycles. The van der Waals surface area contributed by atoms with E-state index in [2.05, 4.69) is 5.32 Å². The van der Waals surface area contributed by atoms with Crippen LogP contribution in [0.4, 0.5) is 0 Å². The van der Waals surface area contributed by atoms with Gasteiger partial charge in [0.15, 0.2) is 0 Å². The summed E-state index contributed by atoms with van der Waals surface area (Å²) in [7, 11) is 0. The molecule has 118 valence electrons. The van der Waals surface area contributed by atoms with Gasteiger partial charge in [0.2, 0.25) is 5.91 Å². The van der Waals surface area contributed by atoms with Crippen molar-refractivity contribution >= 4 is 5.91 Å². The van der Waals surface area contributed by atoms with E-state index in [1.165, 1.54) is 0 Å². The van der Waals surface area contributed by atoms with Gasteiger partial charge in [-0.25, -0.2) is 0 Å². The number of hydrogen-bond acceptors (Lipinski definition) is 3. The topological polar surface area (TPSA) is 58.6 Å². The predicted molar refractivity (Wildman–Crippen MR) is 84.4 cm³/mol. The largest absolute Gasteiger partial charge is 0.493 e. The Morgan fingerprint density at radius 3 is 2.71 bits per heavy atom. The third-order valence-corrected chi connectivity index (χ3v) is 3.78. The Balaban J connectivity index is 2.29. The number of rotatable bonds is 9. The first kappa shape index (κ1) is 17.5. The molecular formula is C17H27NO3. The molecule has 0 bridgehead atoms. The van der Waals surface area contributed by atoms with Crippen molar-refractivity contribution in [3.8, 4) is 5.75 Å². The van der Waals surface area contributed by atoms with E-state index in [1.807, 2.05) is 45.0 Å². The van der Waals surface area contributed by atoms with E-state index in [0.29, 0.717) is 25.9 Å². The van der Waals surface area contributed by atoms with Gasteiger partial charge >= 0.3 is 0 Å². The highest BCUT2D eigenvalue weighted by atomic mass is 16.5. The second kappa shape index (κ2) is 8.67. The summed E-state index contributed by atoms with van der Waals surface area (Å²) in [5, 5.41) is 12.0. The average Bonchev–Trinajstić information content (AvgIpc) is 2.45. The lowest BCUT2D eigenvalue weighted by molar-refractivity contribution is -0.123. The smallest absolute Gasteiger partial charge is 0.220 e. The fourth-order valence-corrected chi connectivity index (χ4v) is 2.11. The number of ether oxygens (including phenoxy) is 1. The maximum Gasteiger partial charge on any atom is 0.220 e. The van der Waals surface area contributed by atoms with Crippen molar-refractivity contribution < 1.29 is 14.6 Å². The van der Waals surface area contributed by atoms with Gasteiger partial charge < -0.3 is 15.2 Å². The van der Waals surface area contributed by atoms with E-state index < -0.39 is 0 Å². The van der Waals surface area contributed by atoms with Crippen LogP contribution in [0.2, 0.25) is 0 Å². The quantitative estimate of drug-likeness (QED) is 0.688. The number of hydrogen-bond donors (Lipinski definition) is 2. The molecule has 1 unspecified atom stereocenters. The monoisotopic (exact) mass is 293 g/mol. The number of carbonyl (C=O) groups is 1. The van der Waals surface area contributed by atoms with E-state index in [4.69, 9.17) is 9.84 Å². The van der Waals surface area contributed by atoms with Crippen LogP contribution in [0, 0.1) is 6.92 Å². The molecule has 4 nitrogen and oxygen atoms in total. The summed E-state index contributed by atoms with van der Waals surface area (Å²) in [6, 6.07) is 7.85. The van der Waals surface area contributed by atoms with Crippen molar-refractivity contribution in [2.24, 2.45) is 0 Å². The molecule has 0 fully saturated rings. The van der Waals surface area contributed by atoms with Crippen LogP contribution in [0.15, 0.2) is 24.3 Å². The summed E-state index contributed by atoms with van der Waals surface area (Å²) in [6.07, 6.45) is 2.50. The number of nitrogens with one attached hydrogen (secondary N) is 1. The highest BCUT2D eigenvalue weighted by Crippen LogP contribution is 2.17. The molecule has 0 radical (unpaired) electrons. The number of benzene rings is 1. The number of para-hydroxylation sites is 1. The normalized spacial score (nSPS) is 13.5. The maximum atomic E-state index is 11.9. The molecule has 2 N–H and O–H groups in total. The lowest BCUT2D eigenvalue weighted by Gasteiger charge is -2.29. The molecule has 1 atom stereocenters. The van der Waals surface area contributed by atoms with Crippen molar-refractivity contribution in [1.82, 2.24) is 5.32 Å². The summed E-state index contributed by atoms with van der Waals surface area (Å²) in [4.78, 5) is 11.9. The van der Waals surface area contributed by atoms with Crippen LogP contribution in [-0.4, -0.2) is 29.8 Å². The standard InChI is InChI=1S/C17H27NO3/c1-4-17(3,11-12-19)18-16(20)10-7-13-21-15-9-6-5-8-14(15)2/h5-6,8-9,19H,4,7,10-13H2,1-3H3,(H,18,20). The van der Waals surface area contributed by atoms with Gasteiger partial charge in [0.1, 0.15) is 5.75 Å². The van der Waals surface area contributed by atoms with E-state index in [-0.39, 0.29) is 18.1 Å². The Kier molecular flexibility index (Phi) is 7.23. The van der Waals surface area contributed by atoms with Crippen molar-refractivity contribution in [3.05, 3.63) is 29.8 Å². The number of aryl methyl sites for hydroxylation is 1. The third-order valence-electron chi connectivity index (χ3n) is 3.78. The first-order chi connectivity index (χ1) is 10.0. The molecule has 0 heterocycles. The molecule has 21 heavy (non-hydrogen) atoms. The zero-order valence-corrected chi connectivity index (χ0v) is 13.3. The average molecular weight is 293 g/mol. The molecular weight excluding hydrogens is 266 g/mol. The van der Waals surface area contributed by atoms with Gasteiger partial charge in [-0.1, -0.05) is 25.1 Å². The second-order valence-corrected chi connectivity index (χ2v) is 5.65. The molecule has 0 saturated heterocycles.